The molecule has 0 radical (unpaired) electrons. The Morgan fingerprint density at radius 2 is 1.92 bits per heavy atom. The molecule has 0 spiro atoms. The van der Waals surface area contributed by atoms with Crippen molar-refractivity contribution in [2.75, 3.05) is 12.4 Å². The fourth-order valence-corrected chi connectivity index (χ4v) is 2.44. The Morgan fingerprint density at radius 3 is 2.64 bits per heavy atom. The lowest BCUT2D eigenvalue weighted by Gasteiger charge is -2.08. The molecule has 2 aromatic carbocycles. The molecule has 3 N–H and O–H groups in total. The Kier molecular flexibility index (Phi) is 5.01. The van der Waals surface area contributed by atoms with Gasteiger partial charge in [-0.15, -0.1) is 0 Å². The Hall–Kier alpha value is -3.25. The summed E-state index contributed by atoms with van der Waals surface area (Å²) < 4.78 is 5.17. The maximum atomic E-state index is 11.1. The van der Waals surface area contributed by atoms with Crippen molar-refractivity contribution in [3.63, 3.8) is 0 Å². The average Bonchev–Trinajstić information content (AvgIpc) is 2.63. The van der Waals surface area contributed by atoms with Gasteiger partial charge in [0.2, 0.25) is 5.91 Å². The maximum absolute atomic E-state index is 11.1. The number of rotatable bonds is 6. The zero-order valence-corrected chi connectivity index (χ0v) is 13.8. The quantitative estimate of drug-likeness (QED) is 0.723. The topological polar surface area (TPSA) is 90.1 Å². The van der Waals surface area contributed by atoms with Gasteiger partial charge < -0.3 is 15.8 Å². The van der Waals surface area contributed by atoms with Crippen LogP contribution in [0.3, 0.4) is 0 Å². The number of ether oxygens (including phenoxy) is 1. The molecule has 0 aliphatic heterocycles. The van der Waals surface area contributed by atoms with Gasteiger partial charge in [0.25, 0.3) is 0 Å². The van der Waals surface area contributed by atoms with E-state index in [2.05, 4.69) is 15.3 Å². The zero-order valence-electron chi connectivity index (χ0n) is 13.8. The second-order valence-corrected chi connectivity index (χ2v) is 5.49. The molecular formula is C19H18N4O2. The Morgan fingerprint density at radius 1 is 1.12 bits per heavy atom. The molecule has 6 heteroatoms. The van der Waals surface area contributed by atoms with Crippen LogP contribution >= 0.6 is 0 Å². The summed E-state index contributed by atoms with van der Waals surface area (Å²) in [6.45, 7) is 0.552. The molecule has 0 unspecified atom stereocenters. The summed E-state index contributed by atoms with van der Waals surface area (Å²) in [5.41, 5.74) is 9.39. The highest BCUT2D eigenvalue weighted by Crippen LogP contribution is 2.22. The molecule has 6 nitrogen and oxygen atoms in total. The number of hydrogen-bond donors (Lipinski definition) is 2. The van der Waals surface area contributed by atoms with E-state index in [1.165, 1.54) is 6.33 Å². The third kappa shape index (κ3) is 4.19. The van der Waals surface area contributed by atoms with Gasteiger partial charge in [0.05, 0.1) is 12.3 Å². The monoisotopic (exact) mass is 334 g/mol. The van der Waals surface area contributed by atoms with E-state index >= 15 is 0 Å². The first-order chi connectivity index (χ1) is 12.2. The summed E-state index contributed by atoms with van der Waals surface area (Å²) >= 11 is 0. The summed E-state index contributed by atoms with van der Waals surface area (Å²) in [6.07, 6.45) is 1.51. The van der Waals surface area contributed by atoms with E-state index in [9.17, 15) is 4.79 Å². The lowest BCUT2D eigenvalue weighted by molar-refractivity contribution is 0.100. The number of amides is 1. The normalized spacial score (nSPS) is 10.4. The molecule has 0 atom stereocenters. The SMILES string of the molecule is COCc1cccc(-c2cc(Nc3ccc(C(N)=O)cc3)ncn2)c1. The van der Waals surface area contributed by atoms with Crippen molar-refractivity contribution >= 4 is 17.4 Å². The average molecular weight is 334 g/mol. The van der Waals surface area contributed by atoms with E-state index in [0.29, 0.717) is 18.0 Å². The molecule has 0 bridgehead atoms. The number of anilines is 2. The van der Waals surface area contributed by atoms with Crippen LogP contribution in [0.2, 0.25) is 0 Å². The van der Waals surface area contributed by atoms with E-state index in [-0.39, 0.29) is 0 Å². The fraction of sp³-hybridized carbons (Fsp3) is 0.105. The van der Waals surface area contributed by atoms with Gasteiger partial charge in [0.1, 0.15) is 12.1 Å². The van der Waals surface area contributed by atoms with Gasteiger partial charge in [-0.3, -0.25) is 4.79 Å². The van der Waals surface area contributed by atoms with Gasteiger partial charge in [-0.1, -0.05) is 18.2 Å². The number of nitrogens with zero attached hydrogens (tertiary/aromatic N) is 2. The van der Waals surface area contributed by atoms with Crippen molar-refractivity contribution in [3.05, 3.63) is 72.1 Å². The van der Waals surface area contributed by atoms with Crippen LogP contribution in [-0.2, 0) is 11.3 Å². The highest BCUT2D eigenvalue weighted by Gasteiger charge is 2.05. The van der Waals surface area contributed by atoms with E-state index in [4.69, 9.17) is 10.5 Å². The van der Waals surface area contributed by atoms with Crippen LogP contribution in [0.4, 0.5) is 11.5 Å². The number of aromatic nitrogens is 2. The molecule has 0 aliphatic carbocycles. The maximum Gasteiger partial charge on any atom is 0.248 e. The Labute approximate surface area is 145 Å². The first kappa shape index (κ1) is 16.6. The number of benzene rings is 2. The number of carbonyl (C=O) groups excluding carboxylic acids is 1. The number of nitrogens with one attached hydrogen (secondary N) is 1. The predicted octanol–water partition coefficient (Wildman–Crippen LogP) is 3.13. The van der Waals surface area contributed by atoms with Gasteiger partial charge in [-0.05, 0) is 35.9 Å². The Balaban J connectivity index is 1.81. The molecule has 0 fully saturated rings. The van der Waals surface area contributed by atoms with E-state index in [0.717, 1.165) is 22.5 Å². The van der Waals surface area contributed by atoms with Crippen molar-refractivity contribution in [2.24, 2.45) is 5.73 Å². The minimum Gasteiger partial charge on any atom is -0.380 e. The molecule has 25 heavy (non-hydrogen) atoms. The first-order valence-corrected chi connectivity index (χ1v) is 7.73. The second kappa shape index (κ2) is 7.55. The van der Waals surface area contributed by atoms with Crippen LogP contribution in [0.5, 0.6) is 0 Å². The molecule has 3 rings (SSSR count). The van der Waals surface area contributed by atoms with Crippen LogP contribution < -0.4 is 11.1 Å². The van der Waals surface area contributed by atoms with Crippen LogP contribution in [0.1, 0.15) is 15.9 Å². The van der Waals surface area contributed by atoms with E-state index in [1.807, 2.05) is 30.3 Å². The van der Waals surface area contributed by atoms with E-state index < -0.39 is 5.91 Å². The molecule has 3 aromatic rings. The number of hydrogen-bond acceptors (Lipinski definition) is 5. The predicted molar refractivity (Wildman–Crippen MR) is 96.4 cm³/mol. The summed E-state index contributed by atoms with van der Waals surface area (Å²) in [7, 11) is 1.67. The highest BCUT2D eigenvalue weighted by molar-refractivity contribution is 5.93. The molecule has 1 heterocycles. The largest absolute Gasteiger partial charge is 0.380 e. The van der Waals surface area contributed by atoms with Crippen LogP contribution in [0.25, 0.3) is 11.3 Å². The minimum atomic E-state index is -0.452. The standard InChI is InChI=1S/C19H18N4O2/c1-25-11-13-3-2-4-15(9-13)17-10-18(22-12-21-17)23-16-7-5-14(6-8-16)19(20)24/h2-10,12H,11H2,1H3,(H2,20,24)(H,21,22,23). The summed E-state index contributed by atoms with van der Waals surface area (Å²) in [5.74, 6) is 0.209. The Bertz CT molecular complexity index is 879. The molecule has 0 aliphatic rings. The zero-order chi connectivity index (χ0) is 17.6. The summed E-state index contributed by atoms with van der Waals surface area (Å²) in [6, 6.07) is 16.8. The van der Waals surface area contributed by atoms with E-state index in [1.54, 1.807) is 31.4 Å². The van der Waals surface area contributed by atoms with Crippen LogP contribution in [0.15, 0.2) is 60.9 Å². The third-order valence-corrected chi connectivity index (χ3v) is 3.64. The smallest absolute Gasteiger partial charge is 0.248 e. The number of methoxy groups -OCH3 is 1. The van der Waals surface area contributed by atoms with Crippen LogP contribution in [-0.4, -0.2) is 23.0 Å². The molecule has 0 saturated carbocycles. The third-order valence-electron chi connectivity index (χ3n) is 3.64. The highest BCUT2D eigenvalue weighted by atomic mass is 16.5. The molecule has 0 saturated heterocycles. The number of carbonyl (C=O) groups is 1. The van der Waals surface area contributed by atoms with Crippen molar-refractivity contribution in [3.8, 4) is 11.3 Å². The van der Waals surface area contributed by atoms with Gasteiger partial charge in [-0.25, -0.2) is 9.97 Å². The molecule has 1 aromatic heterocycles. The van der Waals surface area contributed by atoms with Crippen LogP contribution in [0, 0.1) is 0 Å². The van der Waals surface area contributed by atoms with Gasteiger partial charge in [0.15, 0.2) is 0 Å². The molecular weight excluding hydrogens is 316 g/mol. The summed E-state index contributed by atoms with van der Waals surface area (Å²) in [4.78, 5) is 19.7. The van der Waals surface area contributed by atoms with Gasteiger partial charge >= 0.3 is 0 Å². The van der Waals surface area contributed by atoms with Gasteiger partial charge in [-0.2, -0.15) is 0 Å². The van der Waals surface area contributed by atoms with Gasteiger partial charge in [0, 0.05) is 30.0 Å². The molecule has 1 amide bonds. The lowest BCUT2D eigenvalue weighted by atomic mass is 10.1. The van der Waals surface area contributed by atoms with Crippen molar-refractivity contribution < 1.29 is 9.53 Å². The molecule has 126 valence electrons. The minimum absolute atomic E-state index is 0.452. The van der Waals surface area contributed by atoms with Crippen molar-refractivity contribution in [2.45, 2.75) is 6.61 Å². The first-order valence-electron chi connectivity index (χ1n) is 7.73. The lowest BCUT2D eigenvalue weighted by Crippen LogP contribution is -2.10. The fourth-order valence-electron chi connectivity index (χ4n) is 2.44. The second-order valence-electron chi connectivity index (χ2n) is 5.49. The van der Waals surface area contributed by atoms with Crippen molar-refractivity contribution in [1.82, 2.24) is 9.97 Å². The number of nitrogens with two attached hydrogens (primary N) is 1. The van der Waals surface area contributed by atoms with Crippen molar-refractivity contribution in [1.29, 1.82) is 0 Å². The number of primary amides is 1. The summed E-state index contributed by atoms with van der Waals surface area (Å²) in [5, 5.41) is 3.19.